The molecule has 0 bridgehead atoms. The van der Waals surface area contributed by atoms with E-state index in [1.165, 1.54) is 0 Å². The van der Waals surface area contributed by atoms with Crippen molar-refractivity contribution in [1.82, 2.24) is 4.98 Å². The first-order chi connectivity index (χ1) is 7.56. The fourth-order valence-corrected chi connectivity index (χ4v) is 1.41. The Morgan fingerprint density at radius 1 is 1.62 bits per heavy atom. The molecule has 0 N–H and O–H groups in total. The van der Waals surface area contributed by atoms with Crippen LogP contribution in [-0.2, 0) is 4.74 Å². The maximum atomic E-state index is 11.2. The Balaban J connectivity index is 2.86. The summed E-state index contributed by atoms with van der Waals surface area (Å²) in [6, 6.07) is 3.74. The topological polar surface area (TPSA) is 42.4 Å². The predicted octanol–water partition coefficient (Wildman–Crippen LogP) is 1.76. The lowest BCUT2D eigenvalue weighted by atomic mass is 10.2. The zero-order chi connectivity index (χ0) is 12.1. The number of ketones is 1. The Labute approximate surface area is 96.2 Å². The monoisotopic (exact) mass is 222 g/mol. The molecule has 0 aliphatic heterocycles. The molecule has 1 heterocycles. The van der Waals surface area contributed by atoms with E-state index in [0.717, 1.165) is 5.82 Å². The van der Waals surface area contributed by atoms with Gasteiger partial charge in [0, 0.05) is 25.9 Å². The number of pyridine rings is 1. The molecule has 1 aromatic rings. The van der Waals surface area contributed by atoms with Gasteiger partial charge < -0.3 is 9.64 Å². The highest BCUT2D eigenvalue weighted by atomic mass is 16.5. The van der Waals surface area contributed by atoms with E-state index in [0.29, 0.717) is 12.2 Å². The molecular formula is C12H18N2O2. The number of ether oxygens (including phenoxy) is 1. The van der Waals surface area contributed by atoms with Crippen LogP contribution in [0.1, 0.15) is 24.2 Å². The molecule has 0 radical (unpaired) electrons. The van der Waals surface area contributed by atoms with Crippen molar-refractivity contribution >= 4 is 11.6 Å². The van der Waals surface area contributed by atoms with E-state index >= 15 is 0 Å². The molecule has 0 aromatic carbocycles. The standard InChI is InChI=1S/C12H18N2O2/c1-9(8-16-4)14(3)12-7-11(10(2)15)5-6-13-12/h5-7,9H,8H2,1-4H3. The molecule has 0 spiro atoms. The molecule has 1 rings (SSSR count). The quantitative estimate of drug-likeness (QED) is 0.712. The molecule has 0 fully saturated rings. The third-order valence-electron chi connectivity index (χ3n) is 2.58. The number of Topliss-reactive ketones (excluding diaryl/α,β-unsaturated/α-hetero) is 1. The molecule has 1 aromatic heterocycles. The highest BCUT2D eigenvalue weighted by Gasteiger charge is 2.11. The molecule has 0 saturated heterocycles. The van der Waals surface area contributed by atoms with Gasteiger partial charge >= 0.3 is 0 Å². The minimum absolute atomic E-state index is 0.0523. The van der Waals surface area contributed by atoms with Crippen LogP contribution in [0.4, 0.5) is 5.82 Å². The van der Waals surface area contributed by atoms with Gasteiger partial charge in [-0.2, -0.15) is 0 Å². The van der Waals surface area contributed by atoms with Gasteiger partial charge in [0.1, 0.15) is 5.82 Å². The predicted molar refractivity (Wildman–Crippen MR) is 64.0 cm³/mol. The smallest absolute Gasteiger partial charge is 0.159 e. The van der Waals surface area contributed by atoms with Gasteiger partial charge in [0.25, 0.3) is 0 Å². The number of aromatic nitrogens is 1. The number of anilines is 1. The second-order valence-corrected chi connectivity index (χ2v) is 3.87. The van der Waals surface area contributed by atoms with Crippen molar-refractivity contribution in [2.75, 3.05) is 25.7 Å². The maximum absolute atomic E-state index is 11.2. The number of carbonyl (C=O) groups is 1. The number of methoxy groups -OCH3 is 1. The molecule has 88 valence electrons. The van der Waals surface area contributed by atoms with Crippen molar-refractivity contribution in [2.45, 2.75) is 19.9 Å². The summed E-state index contributed by atoms with van der Waals surface area (Å²) >= 11 is 0. The number of hydrogen-bond donors (Lipinski definition) is 0. The van der Waals surface area contributed by atoms with E-state index in [4.69, 9.17) is 4.74 Å². The molecule has 16 heavy (non-hydrogen) atoms. The Bertz CT molecular complexity index is 366. The summed E-state index contributed by atoms with van der Waals surface area (Å²) in [5.41, 5.74) is 0.682. The second kappa shape index (κ2) is 5.61. The Morgan fingerprint density at radius 2 is 2.31 bits per heavy atom. The van der Waals surface area contributed by atoms with Crippen LogP contribution in [0.25, 0.3) is 0 Å². The van der Waals surface area contributed by atoms with Crippen LogP contribution in [0.3, 0.4) is 0 Å². The number of carbonyl (C=O) groups excluding carboxylic acids is 1. The van der Waals surface area contributed by atoms with Gasteiger partial charge in [0.15, 0.2) is 5.78 Å². The van der Waals surface area contributed by atoms with Crippen molar-refractivity contribution in [2.24, 2.45) is 0 Å². The number of likely N-dealkylation sites (N-methyl/N-ethyl adjacent to an activating group) is 1. The fraction of sp³-hybridized carbons (Fsp3) is 0.500. The minimum Gasteiger partial charge on any atom is -0.383 e. The van der Waals surface area contributed by atoms with Crippen LogP contribution in [-0.4, -0.2) is 37.6 Å². The minimum atomic E-state index is 0.0523. The van der Waals surface area contributed by atoms with Gasteiger partial charge in [-0.05, 0) is 26.0 Å². The molecule has 0 amide bonds. The largest absolute Gasteiger partial charge is 0.383 e. The van der Waals surface area contributed by atoms with Crippen molar-refractivity contribution in [3.8, 4) is 0 Å². The fourth-order valence-electron chi connectivity index (χ4n) is 1.41. The van der Waals surface area contributed by atoms with E-state index in [-0.39, 0.29) is 11.8 Å². The van der Waals surface area contributed by atoms with E-state index in [9.17, 15) is 4.79 Å². The van der Waals surface area contributed by atoms with Crippen LogP contribution in [0.5, 0.6) is 0 Å². The van der Waals surface area contributed by atoms with Gasteiger partial charge in [-0.1, -0.05) is 0 Å². The SMILES string of the molecule is COCC(C)N(C)c1cc(C(C)=O)ccn1. The number of hydrogen-bond acceptors (Lipinski definition) is 4. The van der Waals surface area contributed by atoms with E-state index in [1.54, 1.807) is 32.4 Å². The molecule has 1 atom stereocenters. The van der Waals surface area contributed by atoms with Crippen molar-refractivity contribution in [3.63, 3.8) is 0 Å². The summed E-state index contributed by atoms with van der Waals surface area (Å²) < 4.78 is 5.09. The average Bonchev–Trinajstić information content (AvgIpc) is 2.28. The summed E-state index contributed by atoms with van der Waals surface area (Å²) in [7, 11) is 3.61. The molecular weight excluding hydrogens is 204 g/mol. The van der Waals surface area contributed by atoms with Gasteiger partial charge in [-0.15, -0.1) is 0 Å². The summed E-state index contributed by atoms with van der Waals surface area (Å²) in [5.74, 6) is 0.841. The highest BCUT2D eigenvalue weighted by Crippen LogP contribution is 2.14. The van der Waals surface area contributed by atoms with E-state index in [1.807, 2.05) is 18.9 Å². The van der Waals surface area contributed by atoms with E-state index in [2.05, 4.69) is 4.98 Å². The third kappa shape index (κ3) is 3.03. The van der Waals surface area contributed by atoms with Gasteiger partial charge in [0.05, 0.1) is 12.6 Å². The molecule has 0 saturated carbocycles. The van der Waals surface area contributed by atoms with Gasteiger partial charge in [0.2, 0.25) is 0 Å². The van der Waals surface area contributed by atoms with Crippen LogP contribution in [0, 0.1) is 0 Å². The Morgan fingerprint density at radius 3 is 2.88 bits per heavy atom. The highest BCUT2D eigenvalue weighted by molar-refractivity contribution is 5.94. The Hall–Kier alpha value is -1.42. The van der Waals surface area contributed by atoms with Gasteiger partial charge in [-0.3, -0.25) is 4.79 Å². The maximum Gasteiger partial charge on any atom is 0.159 e. The lowest BCUT2D eigenvalue weighted by molar-refractivity contribution is 0.101. The first kappa shape index (κ1) is 12.6. The van der Waals surface area contributed by atoms with Crippen LogP contribution >= 0.6 is 0 Å². The normalized spacial score (nSPS) is 12.2. The number of nitrogens with zero attached hydrogens (tertiary/aromatic N) is 2. The van der Waals surface area contributed by atoms with Crippen molar-refractivity contribution in [3.05, 3.63) is 23.9 Å². The Kier molecular flexibility index (Phi) is 4.43. The third-order valence-corrected chi connectivity index (χ3v) is 2.58. The van der Waals surface area contributed by atoms with Gasteiger partial charge in [-0.25, -0.2) is 4.98 Å². The first-order valence-electron chi connectivity index (χ1n) is 5.25. The summed E-state index contributed by atoms with van der Waals surface area (Å²) in [6.07, 6.45) is 1.65. The van der Waals surface area contributed by atoms with Crippen LogP contribution < -0.4 is 4.90 Å². The van der Waals surface area contributed by atoms with Crippen molar-refractivity contribution < 1.29 is 9.53 Å². The lowest BCUT2D eigenvalue weighted by Gasteiger charge is -2.25. The summed E-state index contributed by atoms with van der Waals surface area (Å²) in [4.78, 5) is 17.5. The van der Waals surface area contributed by atoms with Crippen LogP contribution in [0.15, 0.2) is 18.3 Å². The van der Waals surface area contributed by atoms with E-state index < -0.39 is 0 Å². The lowest BCUT2D eigenvalue weighted by Crippen LogP contribution is -2.33. The number of rotatable bonds is 5. The average molecular weight is 222 g/mol. The summed E-state index contributed by atoms with van der Waals surface area (Å²) in [6.45, 7) is 4.23. The zero-order valence-electron chi connectivity index (χ0n) is 10.2. The molecule has 0 aliphatic carbocycles. The van der Waals surface area contributed by atoms with Crippen LogP contribution in [0.2, 0.25) is 0 Å². The molecule has 4 nitrogen and oxygen atoms in total. The first-order valence-corrected chi connectivity index (χ1v) is 5.25. The second-order valence-electron chi connectivity index (χ2n) is 3.87. The zero-order valence-corrected chi connectivity index (χ0v) is 10.2. The molecule has 4 heteroatoms. The molecule has 1 unspecified atom stereocenters. The molecule has 0 aliphatic rings. The summed E-state index contributed by atoms with van der Waals surface area (Å²) in [5, 5.41) is 0. The van der Waals surface area contributed by atoms with Crippen molar-refractivity contribution in [1.29, 1.82) is 0 Å².